The molecule has 0 spiro atoms. The molecule has 1 aromatic heterocycles. The van der Waals surface area contributed by atoms with E-state index in [1.54, 1.807) is 19.1 Å². The van der Waals surface area contributed by atoms with Crippen molar-refractivity contribution in [3.05, 3.63) is 53.1 Å². The smallest absolute Gasteiger partial charge is 0.306 e. The van der Waals surface area contributed by atoms with E-state index in [4.69, 9.17) is 0 Å². The largest absolute Gasteiger partial charge is 0.332 e. The SMILES string of the molecule is Cc1cccnc1CN1C(=O)N(c2cc(F)c(S(C)(=O)=O)c(F)c2F)C(=O)C1C. The highest BCUT2D eigenvalue weighted by Crippen LogP contribution is 2.33. The number of imide groups is 1. The number of rotatable bonds is 4. The molecule has 7 nitrogen and oxygen atoms in total. The summed E-state index contributed by atoms with van der Waals surface area (Å²) < 4.78 is 66.1. The molecule has 0 N–H and O–H groups in total. The van der Waals surface area contributed by atoms with Crippen LogP contribution < -0.4 is 4.90 Å². The monoisotopic (exact) mass is 427 g/mol. The summed E-state index contributed by atoms with van der Waals surface area (Å²) in [6.45, 7) is 3.05. The molecule has 2 aromatic rings. The van der Waals surface area contributed by atoms with Crippen LogP contribution in [0.4, 0.5) is 23.7 Å². The van der Waals surface area contributed by atoms with E-state index in [2.05, 4.69) is 4.98 Å². The maximum atomic E-state index is 14.5. The molecule has 2 heterocycles. The molecule has 29 heavy (non-hydrogen) atoms. The fourth-order valence-electron chi connectivity index (χ4n) is 3.05. The van der Waals surface area contributed by atoms with Gasteiger partial charge in [0, 0.05) is 18.5 Å². The number of carbonyl (C=O) groups is 2. The molecule has 0 bridgehead atoms. The van der Waals surface area contributed by atoms with E-state index < -0.39 is 55.9 Å². The summed E-state index contributed by atoms with van der Waals surface area (Å²) in [5, 5.41) is 0. The molecule has 1 atom stereocenters. The van der Waals surface area contributed by atoms with Gasteiger partial charge in [0.2, 0.25) is 0 Å². The third-order valence-corrected chi connectivity index (χ3v) is 5.75. The molecule has 1 saturated heterocycles. The van der Waals surface area contributed by atoms with Crippen molar-refractivity contribution < 1.29 is 31.2 Å². The normalized spacial score (nSPS) is 17.4. The number of amides is 3. The molecule has 0 aliphatic carbocycles. The molecule has 11 heteroatoms. The highest BCUT2D eigenvalue weighted by Gasteiger charge is 2.45. The van der Waals surface area contributed by atoms with Crippen LogP contribution in [0.5, 0.6) is 0 Å². The Morgan fingerprint density at radius 1 is 1.17 bits per heavy atom. The van der Waals surface area contributed by atoms with Crippen LogP contribution in [-0.4, -0.2) is 42.5 Å². The van der Waals surface area contributed by atoms with Crippen LogP contribution in [0.3, 0.4) is 0 Å². The average Bonchev–Trinajstić information content (AvgIpc) is 2.82. The number of halogens is 3. The van der Waals surface area contributed by atoms with Gasteiger partial charge in [-0.3, -0.25) is 9.78 Å². The first-order valence-corrected chi connectivity index (χ1v) is 10.3. The standard InChI is InChI=1S/C18H16F3N3O4S/c1-9-5-4-6-22-12(9)8-23-10(2)17(25)24(18(23)26)13-7-11(19)16(29(3,27)28)15(21)14(13)20/h4-7,10H,8H2,1-3H3. The molecule has 154 valence electrons. The lowest BCUT2D eigenvalue weighted by Gasteiger charge is -2.20. The van der Waals surface area contributed by atoms with Crippen LogP contribution in [0.25, 0.3) is 0 Å². The Morgan fingerprint density at radius 2 is 1.83 bits per heavy atom. The predicted molar refractivity (Wildman–Crippen MR) is 96.3 cm³/mol. The fraction of sp³-hybridized carbons (Fsp3) is 0.278. The third-order valence-electron chi connectivity index (χ3n) is 4.63. The molecule has 1 aliphatic rings. The number of sulfone groups is 1. The van der Waals surface area contributed by atoms with Crippen LogP contribution >= 0.6 is 0 Å². The van der Waals surface area contributed by atoms with E-state index in [1.165, 1.54) is 13.1 Å². The molecule has 0 radical (unpaired) electrons. The minimum Gasteiger partial charge on any atom is -0.306 e. The van der Waals surface area contributed by atoms with Gasteiger partial charge in [0.05, 0.1) is 17.9 Å². The number of nitrogens with zero attached hydrogens (tertiary/aromatic N) is 3. The number of urea groups is 1. The average molecular weight is 427 g/mol. The van der Waals surface area contributed by atoms with E-state index in [9.17, 15) is 31.2 Å². The first kappa shape index (κ1) is 20.8. The predicted octanol–water partition coefficient (Wildman–Crippen LogP) is 2.57. The van der Waals surface area contributed by atoms with Crippen molar-refractivity contribution in [1.82, 2.24) is 9.88 Å². The van der Waals surface area contributed by atoms with Crippen molar-refractivity contribution in [2.24, 2.45) is 0 Å². The van der Waals surface area contributed by atoms with Gasteiger partial charge in [-0.2, -0.15) is 0 Å². The van der Waals surface area contributed by atoms with Gasteiger partial charge in [-0.15, -0.1) is 0 Å². The van der Waals surface area contributed by atoms with Crippen molar-refractivity contribution >= 4 is 27.5 Å². The van der Waals surface area contributed by atoms with E-state index in [1.807, 2.05) is 0 Å². The van der Waals surface area contributed by atoms with Crippen molar-refractivity contribution in [2.45, 2.75) is 31.3 Å². The minimum absolute atomic E-state index is 0.0804. The van der Waals surface area contributed by atoms with Gasteiger partial charge < -0.3 is 4.90 Å². The van der Waals surface area contributed by atoms with Crippen molar-refractivity contribution in [3.8, 4) is 0 Å². The van der Waals surface area contributed by atoms with Gasteiger partial charge in [-0.25, -0.2) is 31.3 Å². The van der Waals surface area contributed by atoms with Gasteiger partial charge >= 0.3 is 6.03 Å². The topological polar surface area (TPSA) is 87.7 Å². The third kappa shape index (κ3) is 3.46. The van der Waals surface area contributed by atoms with Crippen LogP contribution in [0.15, 0.2) is 29.3 Å². The highest BCUT2D eigenvalue weighted by molar-refractivity contribution is 7.90. The molecular weight excluding hydrogens is 411 g/mol. The highest BCUT2D eigenvalue weighted by atomic mass is 32.2. The molecule has 1 aliphatic heterocycles. The summed E-state index contributed by atoms with van der Waals surface area (Å²) in [4.78, 5) is 29.4. The number of hydrogen-bond donors (Lipinski definition) is 0. The summed E-state index contributed by atoms with van der Waals surface area (Å²) in [6, 6.07) is 1.71. The quantitative estimate of drug-likeness (QED) is 0.553. The van der Waals surface area contributed by atoms with Crippen molar-refractivity contribution in [3.63, 3.8) is 0 Å². The second-order valence-electron chi connectivity index (χ2n) is 6.63. The summed E-state index contributed by atoms with van der Waals surface area (Å²) in [5.41, 5.74) is 0.251. The summed E-state index contributed by atoms with van der Waals surface area (Å²) in [5.74, 6) is -6.31. The van der Waals surface area contributed by atoms with Gasteiger partial charge in [0.15, 0.2) is 21.5 Å². The maximum absolute atomic E-state index is 14.5. The zero-order valence-corrected chi connectivity index (χ0v) is 16.4. The number of benzene rings is 1. The number of carbonyl (C=O) groups excluding carboxylic acids is 2. The van der Waals surface area contributed by atoms with E-state index in [0.29, 0.717) is 22.9 Å². The lowest BCUT2D eigenvalue weighted by molar-refractivity contribution is -0.119. The van der Waals surface area contributed by atoms with Crippen molar-refractivity contribution in [1.29, 1.82) is 0 Å². The van der Waals surface area contributed by atoms with Gasteiger partial charge in [0.25, 0.3) is 5.91 Å². The Labute approximate surface area is 164 Å². The molecule has 0 saturated carbocycles. The first-order valence-electron chi connectivity index (χ1n) is 8.37. The number of pyridine rings is 1. The number of aryl methyl sites for hydroxylation is 1. The molecule has 1 unspecified atom stereocenters. The fourth-order valence-corrected chi connectivity index (χ4v) is 3.88. The lowest BCUT2D eigenvalue weighted by Crippen LogP contribution is -2.34. The van der Waals surface area contributed by atoms with Crippen LogP contribution in [0.1, 0.15) is 18.2 Å². The molecule has 1 aromatic carbocycles. The summed E-state index contributed by atoms with van der Waals surface area (Å²) in [6.07, 6.45) is 2.01. The van der Waals surface area contributed by atoms with Gasteiger partial charge in [0.1, 0.15) is 16.8 Å². The van der Waals surface area contributed by atoms with E-state index in [0.717, 1.165) is 10.5 Å². The number of hydrogen-bond acceptors (Lipinski definition) is 5. The van der Waals surface area contributed by atoms with Crippen LogP contribution in [0.2, 0.25) is 0 Å². The molecule has 3 amide bonds. The van der Waals surface area contributed by atoms with Crippen molar-refractivity contribution in [2.75, 3.05) is 11.2 Å². The second-order valence-corrected chi connectivity index (χ2v) is 8.59. The lowest BCUT2D eigenvalue weighted by atomic mass is 10.2. The molecule has 3 rings (SSSR count). The van der Waals surface area contributed by atoms with E-state index >= 15 is 0 Å². The molecular formula is C18H16F3N3O4S. The Morgan fingerprint density at radius 3 is 2.41 bits per heavy atom. The molecule has 1 fully saturated rings. The van der Waals surface area contributed by atoms with Gasteiger partial charge in [-0.05, 0) is 25.5 Å². The number of anilines is 1. The zero-order valence-electron chi connectivity index (χ0n) is 15.6. The van der Waals surface area contributed by atoms with Crippen LogP contribution in [0, 0.1) is 24.4 Å². The second kappa shape index (κ2) is 7.14. The van der Waals surface area contributed by atoms with E-state index in [-0.39, 0.29) is 6.54 Å². The Bertz CT molecular complexity index is 1140. The van der Waals surface area contributed by atoms with Gasteiger partial charge in [-0.1, -0.05) is 6.07 Å². The zero-order chi connectivity index (χ0) is 21.7. The summed E-state index contributed by atoms with van der Waals surface area (Å²) in [7, 11) is -4.42. The number of aromatic nitrogens is 1. The summed E-state index contributed by atoms with van der Waals surface area (Å²) >= 11 is 0. The van der Waals surface area contributed by atoms with Crippen LogP contribution in [-0.2, 0) is 21.2 Å². The minimum atomic E-state index is -4.42. The Hall–Kier alpha value is -2.95. The first-order chi connectivity index (χ1) is 13.4. The Balaban J connectivity index is 2.05. The Kier molecular flexibility index (Phi) is 5.11. The maximum Gasteiger partial charge on any atom is 0.332 e.